The van der Waals surface area contributed by atoms with Gasteiger partial charge in [0, 0.05) is 11.3 Å². The first-order valence-corrected chi connectivity index (χ1v) is 9.17. The monoisotopic (exact) mass is 371 g/mol. The first-order valence-electron chi connectivity index (χ1n) is 7.72. The minimum absolute atomic E-state index is 0.0117. The summed E-state index contributed by atoms with van der Waals surface area (Å²) in [5.41, 5.74) is 5.41. The standard InChI is InChI=1S/C18H17N3O2S2/c1-12(22)13-7-9-15(10-8-13)19-18(24)20-21-16(23)11-25-17(21)14-5-3-2-4-6-14/h2-10,17H,11H2,1H3,(H2,19,20,24). The van der Waals surface area contributed by atoms with E-state index in [1.165, 1.54) is 6.92 Å². The van der Waals surface area contributed by atoms with Crippen molar-refractivity contribution in [3.05, 3.63) is 65.7 Å². The number of hydrogen-bond acceptors (Lipinski definition) is 4. The Morgan fingerprint density at radius 3 is 2.48 bits per heavy atom. The van der Waals surface area contributed by atoms with Gasteiger partial charge in [0.1, 0.15) is 5.37 Å². The van der Waals surface area contributed by atoms with Crippen LogP contribution in [0, 0.1) is 0 Å². The van der Waals surface area contributed by atoms with Crippen LogP contribution in [0.4, 0.5) is 5.69 Å². The van der Waals surface area contributed by atoms with E-state index in [0.29, 0.717) is 16.4 Å². The fourth-order valence-electron chi connectivity index (χ4n) is 2.47. The number of Topliss-reactive ketones (excluding diaryl/α,β-unsaturated/α-hetero) is 1. The van der Waals surface area contributed by atoms with Crippen molar-refractivity contribution in [2.24, 2.45) is 0 Å². The maximum absolute atomic E-state index is 12.2. The molecule has 0 aromatic heterocycles. The van der Waals surface area contributed by atoms with Gasteiger partial charge in [-0.3, -0.25) is 15.0 Å². The first kappa shape index (κ1) is 17.4. The number of nitrogens with one attached hydrogen (secondary N) is 2. The van der Waals surface area contributed by atoms with E-state index in [-0.39, 0.29) is 17.1 Å². The summed E-state index contributed by atoms with van der Waals surface area (Å²) < 4.78 is 0. The van der Waals surface area contributed by atoms with E-state index < -0.39 is 0 Å². The van der Waals surface area contributed by atoms with Gasteiger partial charge < -0.3 is 5.32 Å². The summed E-state index contributed by atoms with van der Waals surface area (Å²) in [5, 5.41) is 4.80. The van der Waals surface area contributed by atoms with Gasteiger partial charge in [-0.05, 0) is 49.0 Å². The molecule has 1 fully saturated rings. The van der Waals surface area contributed by atoms with Crippen LogP contribution in [0.3, 0.4) is 0 Å². The summed E-state index contributed by atoms with van der Waals surface area (Å²) in [6, 6.07) is 16.8. The number of anilines is 1. The highest BCUT2D eigenvalue weighted by Gasteiger charge is 2.33. The molecule has 3 rings (SSSR count). The number of rotatable bonds is 4. The lowest BCUT2D eigenvalue weighted by Gasteiger charge is -2.26. The van der Waals surface area contributed by atoms with Crippen LogP contribution >= 0.6 is 24.0 Å². The summed E-state index contributed by atoms with van der Waals surface area (Å²) >= 11 is 6.87. The third-order valence-corrected chi connectivity index (χ3v) is 5.13. The van der Waals surface area contributed by atoms with E-state index in [1.807, 2.05) is 30.3 Å². The van der Waals surface area contributed by atoms with Gasteiger partial charge in [0.25, 0.3) is 5.91 Å². The average Bonchev–Trinajstić information content (AvgIpc) is 2.97. The van der Waals surface area contributed by atoms with Gasteiger partial charge in [-0.2, -0.15) is 0 Å². The lowest BCUT2D eigenvalue weighted by Crippen LogP contribution is -2.46. The third kappa shape index (κ3) is 4.18. The van der Waals surface area contributed by atoms with Crippen LogP contribution in [0.25, 0.3) is 0 Å². The SMILES string of the molecule is CC(=O)c1ccc(NC(=S)NN2C(=O)CSC2c2ccccc2)cc1. The van der Waals surface area contributed by atoms with Crippen molar-refractivity contribution >= 4 is 46.5 Å². The summed E-state index contributed by atoms with van der Waals surface area (Å²) in [6.07, 6.45) is 0. The Bertz CT molecular complexity index is 794. The summed E-state index contributed by atoms with van der Waals surface area (Å²) in [6.45, 7) is 1.52. The average molecular weight is 371 g/mol. The Hall–Kier alpha value is -2.38. The van der Waals surface area contributed by atoms with E-state index in [0.717, 1.165) is 11.3 Å². The molecule has 1 saturated heterocycles. The third-order valence-electron chi connectivity index (χ3n) is 3.72. The van der Waals surface area contributed by atoms with Crippen LogP contribution in [-0.2, 0) is 4.79 Å². The van der Waals surface area contributed by atoms with Crippen LogP contribution in [-0.4, -0.2) is 27.6 Å². The van der Waals surface area contributed by atoms with E-state index in [4.69, 9.17) is 12.2 Å². The minimum Gasteiger partial charge on any atom is -0.331 e. The molecule has 2 N–H and O–H groups in total. The molecule has 2 aromatic carbocycles. The second kappa shape index (κ2) is 7.67. The predicted molar refractivity (Wildman–Crippen MR) is 104 cm³/mol. The van der Waals surface area contributed by atoms with Gasteiger partial charge in [0.15, 0.2) is 10.9 Å². The number of thiocarbonyl (C=S) groups is 1. The molecule has 0 aliphatic carbocycles. The summed E-state index contributed by atoms with van der Waals surface area (Å²) in [5.74, 6) is 0.398. The molecule has 1 aliphatic heterocycles. The molecule has 0 radical (unpaired) electrons. The molecule has 1 amide bonds. The fourth-order valence-corrected chi connectivity index (χ4v) is 3.79. The van der Waals surface area contributed by atoms with Crippen LogP contribution in [0.2, 0.25) is 0 Å². The normalized spacial score (nSPS) is 16.6. The number of ketones is 1. The van der Waals surface area contributed by atoms with Crippen molar-refractivity contribution in [1.82, 2.24) is 10.4 Å². The molecule has 128 valence electrons. The summed E-state index contributed by atoms with van der Waals surface area (Å²) in [4.78, 5) is 23.5. The van der Waals surface area contributed by atoms with Gasteiger partial charge >= 0.3 is 0 Å². The van der Waals surface area contributed by atoms with Crippen molar-refractivity contribution < 1.29 is 9.59 Å². The van der Waals surface area contributed by atoms with Crippen LogP contribution < -0.4 is 10.7 Å². The van der Waals surface area contributed by atoms with Crippen molar-refractivity contribution in [2.45, 2.75) is 12.3 Å². The number of nitrogens with zero attached hydrogens (tertiary/aromatic N) is 1. The number of thioether (sulfide) groups is 1. The predicted octanol–water partition coefficient (Wildman–Crippen LogP) is 3.36. The van der Waals surface area contributed by atoms with Crippen molar-refractivity contribution in [3.63, 3.8) is 0 Å². The number of hydrogen-bond donors (Lipinski definition) is 2. The van der Waals surface area contributed by atoms with Gasteiger partial charge in [0.2, 0.25) is 0 Å². The highest BCUT2D eigenvalue weighted by atomic mass is 32.2. The Labute approximate surface area is 155 Å². The van der Waals surface area contributed by atoms with Crippen LogP contribution in [0.15, 0.2) is 54.6 Å². The topological polar surface area (TPSA) is 61.4 Å². The highest BCUT2D eigenvalue weighted by molar-refractivity contribution is 8.00. The second-order valence-corrected chi connectivity index (χ2v) is 7.01. The lowest BCUT2D eigenvalue weighted by molar-refractivity contribution is -0.129. The molecule has 2 aromatic rings. The lowest BCUT2D eigenvalue weighted by atomic mass is 10.1. The van der Waals surface area contributed by atoms with Crippen molar-refractivity contribution in [2.75, 3.05) is 11.1 Å². The molecule has 1 aliphatic rings. The molecular weight excluding hydrogens is 354 g/mol. The maximum Gasteiger partial charge on any atom is 0.252 e. The molecule has 1 atom stereocenters. The number of hydrazine groups is 1. The zero-order valence-corrected chi connectivity index (χ0v) is 15.2. The molecule has 0 bridgehead atoms. The van der Waals surface area contributed by atoms with E-state index >= 15 is 0 Å². The van der Waals surface area contributed by atoms with Gasteiger partial charge in [-0.1, -0.05) is 30.3 Å². The number of benzene rings is 2. The Morgan fingerprint density at radius 1 is 1.16 bits per heavy atom. The highest BCUT2D eigenvalue weighted by Crippen LogP contribution is 2.36. The molecule has 7 heteroatoms. The molecule has 0 saturated carbocycles. The molecule has 25 heavy (non-hydrogen) atoms. The zero-order chi connectivity index (χ0) is 17.8. The quantitative estimate of drug-likeness (QED) is 0.635. The fraction of sp³-hybridized carbons (Fsp3) is 0.167. The maximum atomic E-state index is 12.2. The molecule has 5 nitrogen and oxygen atoms in total. The second-order valence-electron chi connectivity index (χ2n) is 5.54. The molecule has 1 heterocycles. The number of amides is 1. The van der Waals surface area contributed by atoms with E-state index in [9.17, 15) is 9.59 Å². The van der Waals surface area contributed by atoms with Gasteiger partial charge in [-0.25, -0.2) is 5.01 Å². The van der Waals surface area contributed by atoms with Gasteiger partial charge in [0.05, 0.1) is 5.75 Å². The van der Waals surface area contributed by atoms with Gasteiger partial charge in [-0.15, -0.1) is 11.8 Å². The smallest absolute Gasteiger partial charge is 0.252 e. The van der Waals surface area contributed by atoms with Crippen LogP contribution in [0.1, 0.15) is 28.2 Å². The number of carbonyl (C=O) groups is 2. The Kier molecular flexibility index (Phi) is 5.35. The van der Waals surface area contributed by atoms with Crippen molar-refractivity contribution in [1.29, 1.82) is 0 Å². The number of carbonyl (C=O) groups excluding carboxylic acids is 2. The molecule has 0 spiro atoms. The Balaban J connectivity index is 1.66. The van der Waals surface area contributed by atoms with E-state index in [2.05, 4.69) is 10.7 Å². The van der Waals surface area contributed by atoms with Crippen LogP contribution in [0.5, 0.6) is 0 Å². The largest absolute Gasteiger partial charge is 0.331 e. The zero-order valence-electron chi connectivity index (χ0n) is 13.6. The summed E-state index contributed by atoms with van der Waals surface area (Å²) in [7, 11) is 0. The molecular formula is C18H17N3O2S2. The molecule has 1 unspecified atom stereocenters. The van der Waals surface area contributed by atoms with Crippen molar-refractivity contribution in [3.8, 4) is 0 Å². The Morgan fingerprint density at radius 2 is 1.84 bits per heavy atom. The minimum atomic E-state index is -0.117. The first-order chi connectivity index (χ1) is 12.0. The van der Waals surface area contributed by atoms with E-state index in [1.54, 1.807) is 41.0 Å².